The zero-order valence-corrected chi connectivity index (χ0v) is 9.02. The summed E-state index contributed by atoms with van der Waals surface area (Å²) in [5, 5.41) is 8.80. The van der Waals surface area contributed by atoms with Gasteiger partial charge in [0, 0.05) is 17.0 Å². The molecule has 0 saturated carbocycles. The molecule has 3 N–H and O–H groups in total. The van der Waals surface area contributed by atoms with Crippen LogP contribution in [0.25, 0.3) is 11.3 Å². The predicted octanol–water partition coefficient (Wildman–Crippen LogP) is 2.32. The van der Waals surface area contributed by atoms with Crippen LogP contribution in [0.15, 0.2) is 17.5 Å². The Hall–Kier alpha value is -0.560. The molecule has 0 spiro atoms. The Labute approximate surface area is 87.1 Å². The summed E-state index contributed by atoms with van der Waals surface area (Å²) >= 11 is 3.99. The fraction of sp³-hybridized carbons (Fsp3) is 0. The third-order valence-corrected chi connectivity index (χ3v) is 3.27. The summed E-state index contributed by atoms with van der Waals surface area (Å²) in [5.74, 6) is 0.534. The van der Waals surface area contributed by atoms with Gasteiger partial charge >= 0.3 is 0 Å². The van der Waals surface area contributed by atoms with E-state index < -0.39 is 0 Å². The van der Waals surface area contributed by atoms with Gasteiger partial charge in [0.1, 0.15) is 5.82 Å². The van der Waals surface area contributed by atoms with E-state index in [0.717, 1.165) is 11.3 Å². The number of halogens is 1. The van der Waals surface area contributed by atoms with Crippen molar-refractivity contribution in [3.63, 3.8) is 0 Å². The van der Waals surface area contributed by atoms with E-state index in [1.807, 2.05) is 6.07 Å². The number of nitrogens with zero attached hydrogens (tertiary/aromatic N) is 1. The molecule has 0 aliphatic rings. The van der Waals surface area contributed by atoms with Crippen LogP contribution >= 0.6 is 33.9 Å². The highest BCUT2D eigenvalue weighted by Gasteiger charge is 2.02. The fourth-order valence-electron chi connectivity index (χ4n) is 0.936. The highest BCUT2D eigenvalue weighted by Crippen LogP contribution is 2.25. The molecule has 2 aromatic heterocycles. The topological polar surface area (TPSA) is 54.7 Å². The van der Waals surface area contributed by atoms with E-state index in [2.05, 4.69) is 44.2 Å². The molecular weight excluding hydrogens is 285 g/mol. The summed E-state index contributed by atoms with van der Waals surface area (Å²) in [6.07, 6.45) is 0. The van der Waals surface area contributed by atoms with Crippen LogP contribution in [0.2, 0.25) is 0 Å². The number of aromatic amines is 1. The number of hydrogen-bond donors (Lipinski definition) is 2. The molecule has 2 heterocycles. The number of H-pyrrole nitrogens is 1. The van der Waals surface area contributed by atoms with Gasteiger partial charge in [0.2, 0.25) is 0 Å². The van der Waals surface area contributed by atoms with Crippen LogP contribution in [0.5, 0.6) is 0 Å². The zero-order chi connectivity index (χ0) is 8.55. The number of rotatable bonds is 1. The van der Waals surface area contributed by atoms with Crippen LogP contribution in [0, 0.1) is 2.88 Å². The molecule has 0 radical (unpaired) electrons. The van der Waals surface area contributed by atoms with Gasteiger partial charge in [-0.25, -0.2) is 0 Å². The number of nitrogens with two attached hydrogens (primary N) is 1. The van der Waals surface area contributed by atoms with Gasteiger partial charge in [-0.15, -0.1) is 11.3 Å². The quantitative estimate of drug-likeness (QED) is 0.792. The zero-order valence-electron chi connectivity index (χ0n) is 6.04. The first kappa shape index (κ1) is 8.06. The molecule has 0 aromatic carbocycles. The van der Waals surface area contributed by atoms with Crippen molar-refractivity contribution >= 4 is 39.7 Å². The van der Waals surface area contributed by atoms with E-state index in [1.165, 1.54) is 2.88 Å². The summed E-state index contributed by atoms with van der Waals surface area (Å²) in [5.41, 5.74) is 7.61. The maximum absolute atomic E-state index is 5.48. The second kappa shape index (κ2) is 3.06. The predicted molar refractivity (Wildman–Crippen MR) is 59.0 cm³/mol. The largest absolute Gasteiger partial charge is 0.382 e. The molecule has 12 heavy (non-hydrogen) atoms. The number of nitrogens with one attached hydrogen (secondary N) is 1. The van der Waals surface area contributed by atoms with Crippen molar-refractivity contribution in [3.8, 4) is 11.3 Å². The SMILES string of the molecule is Nc1cc(-c2csc(I)c2)[nH]n1. The van der Waals surface area contributed by atoms with Crippen LogP contribution in [0.1, 0.15) is 0 Å². The molecule has 0 aliphatic carbocycles. The lowest BCUT2D eigenvalue weighted by molar-refractivity contribution is 1.10. The normalized spacial score (nSPS) is 10.4. The molecule has 2 aromatic rings. The molecule has 0 bridgehead atoms. The summed E-state index contributed by atoms with van der Waals surface area (Å²) in [6, 6.07) is 3.93. The first-order chi connectivity index (χ1) is 5.75. The van der Waals surface area contributed by atoms with Crippen molar-refractivity contribution in [2.24, 2.45) is 0 Å². The fourth-order valence-corrected chi connectivity index (χ4v) is 2.28. The lowest BCUT2D eigenvalue weighted by atomic mass is 10.2. The van der Waals surface area contributed by atoms with E-state index in [0.29, 0.717) is 5.82 Å². The van der Waals surface area contributed by atoms with E-state index in [4.69, 9.17) is 5.73 Å². The van der Waals surface area contributed by atoms with Crippen molar-refractivity contribution in [2.45, 2.75) is 0 Å². The highest BCUT2D eigenvalue weighted by atomic mass is 127. The summed E-state index contributed by atoms with van der Waals surface area (Å²) in [7, 11) is 0. The minimum Gasteiger partial charge on any atom is -0.382 e. The molecular formula is C7H6IN3S. The number of anilines is 1. The van der Waals surface area contributed by atoms with Gasteiger partial charge < -0.3 is 5.73 Å². The van der Waals surface area contributed by atoms with Crippen molar-refractivity contribution in [2.75, 3.05) is 5.73 Å². The Morgan fingerprint density at radius 1 is 1.50 bits per heavy atom. The number of nitrogen functional groups attached to an aromatic ring is 1. The molecule has 0 unspecified atom stereocenters. The monoisotopic (exact) mass is 291 g/mol. The van der Waals surface area contributed by atoms with E-state index >= 15 is 0 Å². The number of aromatic nitrogens is 2. The average Bonchev–Trinajstić information content (AvgIpc) is 2.58. The summed E-state index contributed by atoms with van der Waals surface area (Å²) in [6.45, 7) is 0. The standard InChI is InChI=1S/C7H6IN3S/c8-6-1-4(3-12-6)5-2-7(9)11-10-5/h1-3H,(H3,9,10,11). The highest BCUT2D eigenvalue weighted by molar-refractivity contribution is 14.1. The van der Waals surface area contributed by atoms with Gasteiger partial charge in [-0.3, -0.25) is 5.10 Å². The van der Waals surface area contributed by atoms with Crippen LogP contribution in [-0.4, -0.2) is 10.2 Å². The van der Waals surface area contributed by atoms with Crippen LogP contribution < -0.4 is 5.73 Å². The Morgan fingerprint density at radius 2 is 2.33 bits per heavy atom. The molecule has 0 fully saturated rings. The maximum atomic E-state index is 5.48. The molecule has 0 atom stereocenters. The lowest BCUT2D eigenvalue weighted by Crippen LogP contribution is -1.81. The first-order valence-electron chi connectivity index (χ1n) is 3.31. The van der Waals surface area contributed by atoms with Gasteiger partial charge in [-0.1, -0.05) is 0 Å². The minimum atomic E-state index is 0.534. The Kier molecular flexibility index (Phi) is 2.05. The molecule has 62 valence electrons. The minimum absolute atomic E-state index is 0.534. The summed E-state index contributed by atoms with van der Waals surface area (Å²) in [4.78, 5) is 0. The van der Waals surface area contributed by atoms with Crippen molar-refractivity contribution in [1.29, 1.82) is 0 Å². The maximum Gasteiger partial charge on any atom is 0.145 e. The van der Waals surface area contributed by atoms with E-state index in [9.17, 15) is 0 Å². The van der Waals surface area contributed by atoms with Crippen molar-refractivity contribution in [3.05, 3.63) is 20.4 Å². The Balaban J connectivity index is 2.43. The molecule has 0 aliphatic heterocycles. The van der Waals surface area contributed by atoms with Crippen LogP contribution in [-0.2, 0) is 0 Å². The third-order valence-electron chi connectivity index (χ3n) is 1.48. The van der Waals surface area contributed by atoms with Gasteiger partial charge in [0.15, 0.2) is 0 Å². The van der Waals surface area contributed by atoms with E-state index in [-0.39, 0.29) is 0 Å². The van der Waals surface area contributed by atoms with Crippen LogP contribution in [0.4, 0.5) is 5.82 Å². The van der Waals surface area contributed by atoms with Gasteiger partial charge in [0.25, 0.3) is 0 Å². The van der Waals surface area contributed by atoms with Crippen LogP contribution in [0.3, 0.4) is 0 Å². The van der Waals surface area contributed by atoms with Crippen molar-refractivity contribution in [1.82, 2.24) is 10.2 Å². The van der Waals surface area contributed by atoms with Gasteiger partial charge in [-0.05, 0) is 28.7 Å². The third kappa shape index (κ3) is 1.46. The molecule has 3 nitrogen and oxygen atoms in total. The molecule has 5 heteroatoms. The van der Waals surface area contributed by atoms with Crippen molar-refractivity contribution < 1.29 is 0 Å². The Morgan fingerprint density at radius 3 is 2.83 bits per heavy atom. The molecule has 0 saturated heterocycles. The smallest absolute Gasteiger partial charge is 0.145 e. The average molecular weight is 291 g/mol. The second-order valence-electron chi connectivity index (χ2n) is 2.35. The van der Waals surface area contributed by atoms with Gasteiger partial charge in [-0.2, -0.15) is 5.10 Å². The Bertz CT molecular complexity index is 355. The lowest BCUT2D eigenvalue weighted by Gasteiger charge is -1.86. The number of thiophene rings is 1. The summed E-state index contributed by atoms with van der Waals surface area (Å²) < 4.78 is 1.26. The van der Waals surface area contributed by atoms with E-state index in [1.54, 1.807) is 11.3 Å². The second-order valence-corrected chi connectivity index (χ2v) is 5.15. The first-order valence-corrected chi connectivity index (χ1v) is 5.27. The van der Waals surface area contributed by atoms with Gasteiger partial charge in [0.05, 0.1) is 8.58 Å². The molecule has 2 rings (SSSR count). The molecule has 0 amide bonds. The number of hydrogen-bond acceptors (Lipinski definition) is 3.